The van der Waals surface area contributed by atoms with Crippen LogP contribution in [0.25, 0.3) is 0 Å². The van der Waals surface area contributed by atoms with Crippen molar-refractivity contribution < 1.29 is 23.7 Å². The molecule has 16 heavy (non-hydrogen) atoms. The molecule has 0 aromatic carbocycles. The molecule has 0 amide bonds. The number of methoxy groups -OCH3 is 2. The summed E-state index contributed by atoms with van der Waals surface area (Å²) in [6.07, 6.45) is 1.37. The zero-order valence-corrected chi connectivity index (χ0v) is 9.63. The predicted octanol–water partition coefficient (Wildman–Crippen LogP) is 0.343. The van der Waals surface area contributed by atoms with Crippen LogP contribution in [0.2, 0.25) is 0 Å². The van der Waals surface area contributed by atoms with Crippen molar-refractivity contribution in [3.05, 3.63) is 12.7 Å². The second-order valence-corrected chi connectivity index (χ2v) is 3.87. The van der Waals surface area contributed by atoms with Gasteiger partial charge in [0.15, 0.2) is 6.29 Å². The Morgan fingerprint density at radius 1 is 1.25 bits per heavy atom. The van der Waals surface area contributed by atoms with E-state index in [2.05, 4.69) is 6.58 Å². The second kappa shape index (κ2) is 5.25. The van der Waals surface area contributed by atoms with Crippen molar-refractivity contribution in [3.8, 4) is 0 Å². The molecule has 0 spiro atoms. The van der Waals surface area contributed by atoms with Crippen LogP contribution in [-0.4, -0.2) is 58.1 Å². The summed E-state index contributed by atoms with van der Waals surface area (Å²) in [4.78, 5) is 0. The molecule has 2 saturated heterocycles. The van der Waals surface area contributed by atoms with E-state index < -0.39 is 0 Å². The standard InChI is InChI=1S/C11H18O5/c1-4-5-14-6-7-8-9(16-8)10(15-7)11(12-2)13-3/h4,7-11H,1,5-6H2,2-3H3/t7-,8+,9+,10+/m0/s1. The minimum atomic E-state index is -0.376. The Morgan fingerprint density at radius 2 is 2.00 bits per heavy atom. The molecule has 2 aliphatic rings. The van der Waals surface area contributed by atoms with E-state index >= 15 is 0 Å². The summed E-state index contributed by atoms with van der Waals surface area (Å²) in [7, 11) is 3.19. The number of hydrogen-bond donors (Lipinski definition) is 0. The highest BCUT2D eigenvalue weighted by molar-refractivity contribution is 5.04. The molecule has 0 aliphatic carbocycles. The van der Waals surface area contributed by atoms with Gasteiger partial charge in [0, 0.05) is 14.2 Å². The molecule has 0 aromatic heterocycles. The molecule has 0 saturated carbocycles. The van der Waals surface area contributed by atoms with Crippen LogP contribution in [0.4, 0.5) is 0 Å². The molecule has 92 valence electrons. The average Bonchev–Trinajstić information content (AvgIpc) is 3.01. The Hall–Kier alpha value is -0.460. The summed E-state index contributed by atoms with van der Waals surface area (Å²) in [6, 6.07) is 0. The first-order valence-corrected chi connectivity index (χ1v) is 5.37. The van der Waals surface area contributed by atoms with Gasteiger partial charge in [-0.2, -0.15) is 0 Å². The number of ether oxygens (including phenoxy) is 5. The molecule has 2 rings (SSSR count). The summed E-state index contributed by atoms with van der Waals surface area (Å²) < 4.78 is 27.0. The van der Waals surface area contributed by atoms with Crippen LogP contribution < -0.4 is 0 Å². The third kappa shape index (κ3) is 2.28. The lowest BCUT2D eigenvalue weighted by Crippen LogP contribution is -2.36. The fourth-order valence-corrected chi connectivity index (χ4v) is 2.04. The van der Waals surface area contributed by atoms with Crippen molar-refractivity contribution in [3.63, 3.8) is 0 Å². The third-order valence-corrected chi connectivity index (χ3v) is 2.83. The molecule has 0 unspecified atom stereocenters. The smallest absolute Gasteiger partial charge is 0.185 e. The van der Waals surface area contributed by atoms with Crippen molar-refractivity contribution in [2.24, 2.45) is 0 Å². The van der Waals surface area contributed by atoms with Gasteiger partial charge in [0.05, 0.1) is 13.2 Å². The van der Waals surface area contributed by atoms with Gasteiger partial charge in [-0.05, 0) is 0 Å². The van der Waals surface area contributed by atoms with E-state index in [4.69, 9.17) is 23.7 Å². The number of fused-ring (bicyclic) bond motifs is 1. The Kier molecular flexibility index (Phi) is 3.94. The number of rotatable bonds is 7. The van der Waals surface area contributed by atoms with Gasteiger partial charge in [0.2, 0.25) is 0 Å². The van der Waals surface area contributed by atoms with Crippen LogP contribution in [0, 0.1) is 0 Å². The van der Waals surface area contributed by atoms with Gasteiger partial charge >= 0.3 is 0 Å². The topological polar surface area (TPSA) is 49.5 Å². The lowest BCUT2D eigenvalue weighted by Gasteiger charge is -2.23. The molecular weight excluding hydrogens is 212 g/mol. The number of epoxide rings is 1. The van der Waals surface area contributed by atoms with Crippen LogP contribution in [0.1, 0.15) is 0 Å². The molecule has 0 bridgehead atoms. The van der Waals surface area contributed by atoms with E-state index in [0.717, 1.165) is 0 Å². The SMILES string of the molecule is C=CCOC[C@@H]1O[C@@H](C(OC)OC)[C@@H]2O[C@@H]21. The van der Waals surface area contributed by atoms with Gasteiger partial charge in [-0.1, -0.05) is 6.08 Å². The maximum atomic E-state index is 5.78. The highest BCUT2D eigenvalue weighted by atomic mass is 16.7. The predicted molar refractivity (Wildman–Crippen MR) is 56.1 cm³/mol. The molecule has 2 aliphatic heterocycles. The van der Waals surface area contributed by atoms with Crippen LogP contribution in [0.5, 0.6) is 0 Å². The van der Waals surface area contributed by atoms with Gasteiger partial charge in [0.1, 0.15) is 24.4 Å². The molecule has 5 heteroatoms. The van der Waals surface area contributed by atoms with Crippen molar-refractivity contribution in [2.45, 2.75) is 30.7 Å². The zero-order chi connectivity index (χ0) is 11.5. The van der Waals surface area contributed by atoms with Crippen molar-refractivity contribution in [1.29, 1.82) is 0 Å². The van der Waals surface area contributed by atoms with E-state index in [1.165, 1.54) is 0 Å². The highest BCUT2D eigenvalue weighted by Crippen LogP contribution is 2.41. The third-order valence-electron chi connectivity index (χ3n) is 2.83. The molecule has 0 aromatic rings. The maximum Gasteiger partial charge on any atom is 0.185 e. The van der Waals surface area contributed by atoms with Gasteiger partial charge in [0.25, 0.3) is 0 Å². The molecule has 2 heterocycles. The summed E-state index contributed by atoms with van der Waals surface area (Å²) in [6.45, 7) is 4.63. The fraction of sp³-hybridized carbons (Fsp3) is 0.818. The quantitative estimate of drug-likeness (QED) is 0.273. The van der Waals surface area contributed by atoms with Crippen LogP contribution in [0.3, 0.4) is 0 Å². The minimum Gasteiger partial charge on any atom is -0.375 e. The van der Waals surface area contributed by atoms with E-state index in [1.54, 1.807) is 20.3 Å². The maximum absolute atomic E-state index is 5.78. The summed E-state index contributed by atoms with van der Waals surface area (Å²) in [5.74, 6) is 0. The molecule has 0 radical (unpaired) electrons. The van der Waals surface area contributed by atoms with E-state index in [9.17, 15) is 0 Å². The van der Waals surface area contributed by atoms with Crippen LogP contribution in [-0.2, 0) is 23.7 Å². The number of hydrogen-bond acceptors (Lipinski definition) is 5. The fourth-order valence-electron chi connectivity index (χ4n) is 2.04. The Morgan fingerprint density at radius 3 is 2.62 bits per heavy atom. The first-order chi connectivity index (χ1) is 7.81. The summed E-state index contributed by atoms with van der Waals surface area (Å²) in [5, 5.41) is 0. The van der Waals surface area contributed by atoms with E-state index in [0.29, 0.717) is 13.2 Å². The zero-order valence-electron chi connectivity index (χ0n) is 9.63. The monoisotopic (exact) mass is 230 g/mol. The van der Waals surface area contributed by atoms with Gasteiger partial charge < -0.3 is 23.7 Å². The minimum absolute atomic E-state index is 0.0252. The molecule has 0 N–H and O–H groups in total. The summed E-state index contributed by atoms with van der Waals surface area (Å²) >= 11 is 0. The molecule has 4 atom stereocenters. The lowest BCUT2D eigenvalue weighted by atomic mass is 10.2. The average molecular weight is 230 g/mol. The van der Waals surface area contributed by atoms with Gasteiger partial charge in [-0.15, -0.1) is 6.58 Å². The Balaban J connectivity index is 1.81. The molecule has 5 nitrogen and oxygen atoms in total. The van der Waals surface area contributed by atoms with Crippen molar-refractivity contribution >= 4 is 0 Å². The van der Waals surface area contributed by atoms with Gasteiger partial charge in [-0.25, -0.2) is 0 Å². The highest BCUT2D eigenvalue weighted by Gasteiger charge is 2.60. The van der Waals surface area contributed by atoms with E-state index in [1.807, 2.05) is 0 Å². The molecular formula is C11H18O5. The summed E-state index contributed by atoms with van der Waals surface area (Å²) in [5.41, 5.74) is 0. The first-order valence-electron chi connectivity index (χ1n) is 5.37. The Bertz CT molecular complexity index is 241. The van der Waals surface area contributed by atoms with Crippen molar-refractivity contribution in [1.82, 2.24) is 0 Å². The van der Waals surface area contributed by atoms with Crippen LogP contribution in [0.15, 0.2) is 12.7 Å². The molecule has 2 fully saturated rings. The van der Waals surface area contributed by atoms with E-state index in [-0.39, 0.29) is 30.7 Å². The van der Waals surface area contributed by atoms with Gasteiger partial charge in [-0.3, -0.25) is 0 Å². The first kappa shape index (κ1) is 12.0. The Labute approximate surface area is 95.3 Å². The second-order valence-electron chi connectivity index (χ2n) is 3.87. The van der Waals surface area contributed by atoms with Crippen molar-refractivity contribution in [2.75, 3.05) is 27.4 Å². The normalized spacial score (nSPS) is 36.4. The largest absolute Gasteiger partial charge is 0.375 e. The van der Waals surface area contributed by atoms with Crippen LogP contribution >= 0.6 is 0 Å². The lowest BCUT2D eigenvalue weighted by molar-refractivity contribution is -0.200.